The highest BCUT2D eigenvalue weighted by Gasteiger charge is 2.33. The summed E-state index contributed by atoms with van der Waals surface area (Å²) in [5, 5.41) is 5.77. The second-order valence-corrected chi connectivity index (χ2v) is 6.26. The van der Waals surface area contributed by atoms with Crippen molar-refractivity contribution < 1.29 is 14.3 Å². The molecule has 1 saturated carbocycles. The molecule has 2 aromatic rings. The quantitative estimate of drug-likeness (QED) is 0.814. The Morgan fingerprint density at radius 3 is 2.44 bits per heavy atom. The van der Waals surface area contributed by atoms with Crippen LogP contribution >= 0.6 is 0 Å². The van der Waals surface area contributed by atoms with E-state index in [1.54, 1.807) is 24.3 Å². The first-order chi connectivity index (χ1) is 12.1. The zero-order chi connectivity index (χ0) is 17.6. The maximum Gasteiger partial charge on any atom is 0.258 e. The molecule has 25 heavy (non-hydrogen) atoms. The first-order valence-corrected chi connectivity index (χ1v) is 8.47. The number of benzene rings is 2. The molecule has 2 amide bonds. The van der Waals surface area contributed by atoms with Gasteiger partial charge in [0.15, 0.2) is 6.61 Å². The van der Waals surface area contributed by atoms with E-state index < -0.39 is 0 Å². The molecule has 2 aromatic carbocycles. The van der Waals surface area contributed by atoms with Crippen molar-refractivity contribution in [3.63, 3.8) is 0 Å². The fraction of sp³-hybridized carbons (Fsp3) is 0.300. The van der Waals surface area contributed by atoms with Crippen LogP contribution in [0.15, 0.2) is 54.6 Å². The van der Waals surface area contributed by atoms with Crippen molar-refractivity contribution in [1.82, 2.24) is 5.32 Å². The number of para-hydroxylation sites is 2. The molecule has 0 aliphatic heterocycles. The molecular formula is C20H22N2O3. The number of anilines is 1. The van der Waals surface area contributed by atoms with Crippen LogP contribution in [0.25, 0.3) is 0 Å². The highest BCUT2D eigenvalue weighted by Crippen LogP contribution is 2.40. The third kappa shape index (κ3) is 4.83. The van der Waals surface area contributed by atoms with Gasteiger partial charge >= 0.3 is 0 Å². The minimum absolute atomic E-state index is 0.0305. The monoisotopic (exact) mass is 338 g/mol. The summed E-state index contributed by atoms with van der Waals surface area (Å²) in [5.41, 5.74) is 1.68. The lowest BCUT2D eigenvalue weighted by Gasteiger charge is -2.19. The molecule has 0 radical (unpaired) electrons. The normalized spacial score (nSPS) is 14.4. The van der Waals surface area contributed by atoms with Crippen molar-refractivity contribution in [3.05, 3.63) is 60.2 Å². The van der Waals surface area contributed by atoms with Gasteiger partial charge in [0, 0.05) is 6.92 Å². The van der Waals surface area contributed by atoms with Crippen LogP contribution < -0.4 is 15.4 Å². The number of nitrogens with one attached hydrogen (secondary N) is 2. The largest absolute Gasteiger partial charge is 0.482 e. The Hall–Kier alpha value is -2.82. The lowest BCUT2D eigenvalue weighted by Crippen LogP contribution is -2.33. The molecule has 0 saturated heterocycles. The first-order valence-electron chi connectivity index (χ1n) is 8.47. The van der Waals surface area contributed by atoms with Gasteiger partial charge in [-0.25, -0.2) is 0 Å². The number of carbonyl (C=O) groups excluding carboxylic acids is 2. The van der Waals surface area contributed by atoms with Crippen LogP contribution in [0.3, 0.4) is 0 Å². The molecule has 5 heteroatoms. The predicted octanol–water partition coefficient (Wildman–Crippen LogP) is 3.29. The molecule has 130 valence electrons. The van der Waals surface area contributed by atoms with Gasteiger partial charge in [-0.05, 0) is 36.5 Å². The molecule has 0 heterocycles. The van der Waals surface area contributed by atoms with E-state index >= 15 is 0 Å². The number of carbonyl (C=O) groups is 2. The Morgan fingerprint density at radius 1 is 1.08 bits per heavy atom. The topological polar surface area (TPSA) is 67.4 Å². The minimum atomic E-state index is -0.182. The third-order valence-corrected chi connectivity index (χ3v) is 4.13. The zero-order valence-electron chi connectivity index (χ0n) is 14.2. The molecule has 3 rings (SSSR count). The van der Waals surface area contributed by atoms with Gasteiger partial charge in [0.2, 0.25) is 5.91 Å². The summed E-state index contributed by atoms with van der Waals surface area (Å²) in [7, 11) is 0. The second-order valence-electron chi connectivity index (χ2n) is 6.26. The van der Waals surface area contributed by atoms with E-state index in [0.717, 1.165) is 18.4 Å². The number of hydrogen-bond acceptors (Lipinski definition) is 3. The summed E-state index contributed by atoms with van der Waals surface area (Å²) < 4.78 is 5.61. The standard InChI is InChI=1S/C20H22N2O3/c1-14(23)21-17-9-5-6-10-18(17)25-13-19(24)22-20(16-11-12-16)15-7-3-2-4-8-15/h2-10,16,20H,11-13H2,1H3,(H,21,23)(H,22,24)/t20-/m1/s1. The highest BCUT2D eigenvalue weighted by atomic mass is 16.5. The van der Waals surface area contributed by atoms with Crippen LogP contribution in [0.2, 0.25) is 0 Å². The number of rotatable bonds is 7. The molecular weight excluding hydrogens is 316 g/mol. The zero-order valence-corrected chi connectivity index (χ0v) is 14.2. The fourth-order valence-corrected chi connectivity index (χ4v) is 2.81. The highest BCUT2D eigenvalue weighted by molar-refractivity contribution is 5.90. The number of ether oxygens (including phenoxy) is 1. The number of hydrogen-bond donors (Lipinski definition) is 2. The van der Waals surface area contributed by atoms with E-state index in [2.05, 4.69) is 10.6 Å². The smallest absolute Gasteiger partial charge is 0.258 e. The van der Waals surface area contributed by atoms with Gasteiger partial charge in [-0.3, -0.25) is 9.59 Å². The SMILES string of the molecule is CC(=O)Nc1ccccc1OCC(=O)N[C@H](c1ccccc1)C1CC1. The third-order valence-electron chi connectivity index (χ3n) is 4.13. The molecule has 1 atom stereocenters. The maximum absolute atomic E-state index is 12.3. The molecule has 1 fully saturated rings. The Balaban J connectivity index is 1.60. The first kappa shape index (κ1) is 17.0. The van der Waals surface area contributed by atoms with Crippen LogP contribution in [0, 0.1) is 5.92 Å². The van der Waals surface area contributed by atoms with Gasteiger partial charge in [-0.1, -0.05) is 42.5 Å². The summed E-state index contributed by atoms with van der Waals surface area (Å²) in [4.78, 5) is 23.6. The summed E-state index contributed by atoms with van der Waals surface area (Å²) in [5.74, 6) is 0.630. The fourth-order valence-electron chi connectivity index (χ4n) is 2.81. The van der Waals surface area contributed by atoms with E-state index in [4.69, 9.17) is 4.74 Å². The van der Waals surface area contributed by atoms with Crippen LogP contribution in [0.1, 0.15) is 31.4 Å². The van der Waals surface area contributed by atoms with E-state index in [0.29, 0.717) is 17.4 Å². The molecule has 0 aromatic heterocycles. The average Bonchev–Trinajstić information content (AvgIpc) is 3.44. The summed E-state index contributed by atoms with van der Waals surface area (Å²) in [6.07, 6.45) is 2.26. The van der Waals surface area contributed by atoms with Crippen molar-refractivity contribution in [2.45, 2.75) is 25.8 Å². The maximum atomic E-state index is 12.3. The van der Waals surface area contributed by atoms with Crippen LogP contribution in [0.4, 0.5) is 5.69 Å². The van der Waals surface area contributed by atoms with Crippen LogP contribution in [-0.2, 0) is 9.59 Å². The molecule has 1 aliphatic rings. The van der Waals surface area contributed by atoms with E-state index in [1.165, 1.54) is 6.92 Å². The lowest BCUT2D eigenvalue weighted by molar-refractivity contribution is -0.124. The van der Waals surface area contributed by atoms with Gasteiger partial charge in [-0.2, -0.15) is 0 Å². The van der Waals surface area contributed by atoms with Crippen molar-refractivity contribution in [1.29, 1.82) is 0 Å². The summed E-state index contributed by atoms with van der Waals surface area (Å²) in [6, 6.07) is 17.1. The summed E-state index contributed by atoms with van der Waals surface area (Å²) in [6.45, 7) is 1.34. The predicted molar refractivity (Wildman–Crippen MR) is 96.3 cm³/mol. The van der Waals surface area contributed by atoms with Crippen molar-refractivity contribution >= 4 is 17.5 Å². The van der Waals surface area contributed by atoms with Crippen LogP contribution in [0.5, 0.6) is 5.75 Å². The minimum Gasteiger partial charge on any atom is -0.482 e. The van der Waals surface area contributed by atoms with E-state index in [1.807, 2.05) is 30.3 Å². The molecule has 0 unspecified atom stereocenters. The van der Waals surface area contributed by atoms with Gasteiger partial charge in [0.25, 0.3) is 5.91 Å². The Kier molecular flexibility index (Phi) is 5.33. The van der Waals surface area contributed by atoms with Crippen LogP contribution in [-0.4, -0.2) is 18.4 Å². The van der Waals surface area contributed by atoms with E-state index in [9.17, 15) is 9.59 Å². The molecule has 1 aliphatic carbocycles. The van der Waals surface area contributed by atoms with Crippen molar-refractivity contribution in [3.8, 4) is 5.75 Å². The Morgan fingerprint density at radius 2 is 1.76 bits per heavy atom. The lowest BCUT2D eigenvalue weighted by atomic mass is 10.0. The Bertz CT molecular complexity index is 742. The summed E-state index contributed by atoms with van der Waals surface area (Å²) >= 11 is 0. The van der Waals surface area contributed by atoms with Gasteiger partial charge in [0.05, 0.1) is 11.7 Å². The van der Waals surface area contributed by atoms with Crippen molar-refractivity contribution in [2.24, 2.45) is 5.92 Å². The molecule has 2 N–H and O–H groups in total. The molecule has 0 bridgehead atoms. The van der Waals surface area contributed by atoms with Crippen molar-refractivity contribution in [2.75, 3.05) is 11.9 Å². The number of amides is 2. The average molecular weight is 338 g/mol. The van der Waals surface area contributed by atoms with Gasteiger partial charge < -0.3 is 15.4 Å². The molecule has 5 nitrogen and oxygen atoms in total. The molecule has 0 spiro atoms. The second kappa shape index (κ2) is 7.83. The van der Waals surface area contributed by atoms with E-state index in [-0.39, 0.29) is 24.5 Å². The van der Waals surface area contributed by atoms with Gasteiger partial charge in [0.1, 0.15) is 5.75 Å². The van der Waals surface area contributed by atoms with Gasteiger partial charge in [-0.15, -0.1) is 0 Å². The Labute approximate surface area is 147 Å².